The van der Waals surface area contributed by atoms with Crippen LogP contribution < -0.4 is 4.90 Å². The van der Waals surface area contributed by atoms with E-state index >= 15 is 0 Å². The van der Waals surface area contributed by atoms with Crippen LogP contribution in [-0.4, -0.2) is 25.7 Å². The predicted molar refractivity (Wildman–Crippen MR) is 77.8 cm³/mol. The molecule has 3 aliphatic rings. The standard InChI is InChI=1S/C17H21NO2/c1-12-3-2-4-13-5-8-18(15(12)13)16(19)14-11-17(14)6-9-20-10-7-17/h2-4,14H,5-11H2,1H3. The summed E-state index contributed by atoms with van der Waals surface area (Å²) in [5.41, 5.74) is 4.03. The molecule has 4 rings (SSSR count). The Labute approximate surface area is 119 Å². The van der Waals surface area contributed by atoms with E-state index in [9.17, 15) is 4.79 Å². The zero-order chi connectivity index (χ0) is 13.7. The Morgan fingerprint density at radius 1 is 1.35 bits per heavy atom. The highest BCUT2D eigenvalue weighted by atomic mass is 16.5. The highest BCUT2D eigenvalue weighted by Crippen LogP contribution is 2.60. The number of ether oxygens (including phenoxy) is 1. The van der Waals surface area contributed by atoms with Gasteiger partial charge in [-0.1, -0.05) is 18.2 Å². The van der Waals surface area contributed by atoms with Crippen molar-refractivity contribution in [2.45, 2.75) is 32.6 Å². The maximum Gasteiger partial charge on any atom is 0.230 e. The molecule has 2 aliphatic heterocycles. The topological polar surface area (TPSA) is 29.5 Å². The van der Waals surface area contributed by atoms with Gasteiger partial charge < -0.3 is 9.64 Å². The summed E-state index contributed by atoms with van der Waals surface area (Å²) in [5, 5.41) is 0. The monoisotopic (exact) mass is 271 g/mol. The second-order valence-corrected chi connectivity index (χ2v) is 6.55. The first kappa shape index (κ1) is 12.4. The average Bonchev–Trinajstić information content (AvgIpc) is 2.97. The lowest BCUT2D eigenvalue weighted by Crippen LogP contribution is -2.33. The molecule has 2 fully saturated rings. The second kappa shape index (κ2) is 4.32. The maximum absolute atomic E-state index is 12.9. The number of rotatable bonds is 1. The van der Waals surface area contributed by atoms with Crippen LogP contribution in [0.3, 0.4) is 0 Å². The molecule has 0 radical (unpaired) electrons. The summed E-state index contributed by atoms with van der Waals surface area (Å²) in [6.07, 6.45) is 4.22. The fraction of sp³-hybridized carbons (Fsp3) is 0.588. The summed E-state index contributed by atoms with van der Waals surface area (Å²) < 4.78 is 5.45. The van der Waals surface area contributed by atoms with Crippen molar-refractivity contribution in [3.8, 4) is 0 Å². The van der Waals surface area contributed by atoms with Crippen LogP contribution in [0.2, 0.25) is 0 Å². The lowest BCUT2D eigenvalue weighted by atomic mass is 9.93. The molecule has 1 amide bonds. The van der Waals surface area contributed by atoms with Crippen LogP contribution in [-0.2, 0) is 16.0 Å². The summed E-state index contributed by atoms with van der Waals surface area (Å²) >= 11 is 0. The van der Waals surface area contributed by atoms with Crippen molar-refractivity contribution in [1.82, 2.24) is 0 Å². The molecule has 1 aliphatic carbocycles. The smallest absolute Gasteiger partial charge is 0.230 e. The number of aryl methyl sites for hydroxylation is 1. The zero-order valence-corrected chi connectivity index (χ0v) is 12.0. The molecule has 1 atom stereocenters. The van der Waals surface area contributed by atoms with Crippen LogP contribution in [0.4, 0.5) is 5.69 Å². The van der Waals surface area contributed by atoms with Gasteiger partial charge in [-0.05, 0) is 49.1 Å². The van der Waals surface area contributed by atoms with Crippen LogP contribution in [0.25, 0.3) is 0 Å². The first-order chi connectivity index (χ1) is 9.71. The molecule has 3 nitrogen and oxygen atoms in total. The molecular formula is C17H21NO2. The van der Waals surface area contributed by atoms with Crippen molar-refractivity contribution in [2.75, 3.05) is 24.7 Å². The summed E-state index contributed by atoms with van der Waals surface area (Å²) in [7, 11) is 0. The van der Waals surface area contributed by atoms with Crippen LogP contribution in [0.1, 0.15) is 30.4 Å². The number of carbonyl (C=O) groups is 1. The second-order valence-electron chi connectivity index (χ2n) is 6.55. The van der Waals surface area contributed by atoms with E-state index in [0.29, 0.717) is 5.91 Å². The Hall–Kier alpha value is -1.35. The third-order valence-corrected chi connectivity index (χ3v) is 5.44. The summed E-state index contributed by atoms with van der Waals surface area (Å²) in [6.45, 7) is 4.64. The number of hydrogen-bond donors (Lipinski definition) is 0. The van der Waals surface area contributed by atoms with Gasteiger partial charge in [-0.2, -0.15) is 0 Å². The predicted octanol–water partition coefficient (Wildman–Crippen LogP) is 2.70. The average molecular weight is 271 g/mol. The number of amides is 1. The van der Waals surface area contributed by atoms with E-state index in [4.69, 9.17) is 4.74 Å². The molecule has 1 aromatic carbocycles. The first-order valence-electron chi connectivity index (χ1n) is 7.69. The minimum absolute atomic E-state index is 0.247. The minimum atomic E-state index is 0.247. The van der Waals surface area contributed by atoms with Gasteiger partial charge in [0.2, 0.25) is 5.91 Å². The minimum Gasteiger partial charge on any atom is -0.381 e. The molecule has 0 N–H and O–H groups in total. The van der Waals surface area contributed by atoms with Gasteiger partial charge in [-0.15, -0.1) is 0 Å². The van der Waals surface area contributed by atoms with Gasteiger partial charge in [0.05, 0.1) is 0 Å². The quantitative estimate of drug-likeness (QED) is 0.786. The van der Waals surface area contributed by atoms with Gasteiger partial charge in [0.15, 0.2) is 0 Å². The number of fused-ring (bicyclic) bond motifs is 1. The molecular weight excluding hydrogens is 250 g/mol. The van der Waals surface area contributed by atoms with E-state index in [-0.39, 0.29) is 11.3 Å². The van der Waals surface area contributed by atoms with Gasteiger partial charge in [-0.3, -0.25) is 4.79 Å². The van der Waals surface area contributed by atoms with Crippen molar-refractivity contribution in [3.63, 3.8) is 0 Å². The Bertz CT molecular complexity index is 560. The van der Waals surface area contributed by atoms with Gasteiger partial charge in [0, 0.05) is 31.4 Å². The van der Waals surface area contributed by atoms with Gasteiger partial charge in [0.25, 0.3) is 0 Å². The van der Waals surface area contributed by atoms with Crippen molar-refractivity contribution in [3.05, 3.63) is 29.3 Å². The lowest BCUT2D eigenvalue weighted by molar-refractivity contribution is -0.121. The Balaban J connectivity index is 1.57. The number of carbonyl (C=O) groups excluding carboxylic acids is 1. The molecule has 2 heterocycles. The number of nitrogens with zero attached hydrogens (tertiary/aromatic N) is 1. The number of anilines is 1. The maximum atomic E-state index is 12.9. The molecule has 0 bridgehead atoms. The highest BCUT2D eigenvalue weighted by molar-refractivity contribution is 5.99. The van der Waals surface area contributed by atoms with Crippen molar-refractivity contribution in [2.24, 2.45) is 11.3 Å². The van der Waals surface area contributed by atoms with Crippen LogP contribution in [0.5, 0.6) is 0 Å². The third kappa shape index (κ3) is 1.72. The molecule has 3 heteroatoms. The largest absolute Gasteiger partial charge is 0.381 e. The molecule has 1 spiro atoms. The molecule has 1 saturated carbocycles. The third-order valence-electron chi connectivity index (χ3n) is 5.44. The number of para-hydroxylation sites is 1. The van der Waals surface area contributed by atoms with Gasteiger partial charge in [-0.25, -0.2) is 0 Å². The van der Waals surface area contributed by atoms with Gasteiger partial charge in [0.1, 0.15) is 0 Å². The van der Waals surface area contributed by atoms with E-state index in [0.717, 1.165) is 45.4 Å². The summed E-state index contributed by atoms with van der Waals surface area (Å²) in [5.74, 6) is 0.608. The Kier molecular flexibility index (Phi) is 2.68. The lowest BCUT2D eigenvalue weighted by Gasteiger charge is -2.25. The normalized spacial score (nSPS) is 26.6. The summed E-state index contributed by atoms with van der Waals surface area (Å²) in [4.78, 5) is 14.9. The van der Waals surface area contributed by atoms with Crippen molar-refractivity contribution < 1.29 is 9.53 Å². The molecule has 0 aromatic heterocycles. The zero-order valence-electron chi connectivity index (χ0n) is 12.0. The van der Waals surface area contributed by atoms with E-state index in [1.165, 1.54) is 16.8 Å². The van der Waals surface area contributed by atoms with Crippen LogP contribution in [0.15, 0.2) is 18.2 Å². The van der Waals surface area contributed by atoms with E-state index in [2.05, 4.69) is 30.0 Å². The fourth-order valence-corrected chi connectivity index (χ4v) is 4.09. The van der Waals surface area contributed by atoms with Crippen LogP contribution >= 0.6 is 0 Å². The molecule has 20 heavy (non-hydrogen) atoms. The fourth-order valence-electron chi connectivity index (χ4n) is 4.09. The van der Waals surface area contributed by atoms with Crippen molar-refractivity contribution >= 4 is 11.6 Å². The molecule has 106 valence electrons. The molecule has 1 unspecified atom stereocenters. The van der Waals surface area contributed by atoms with Gasteiger partial charge >= 0.3 is 0 Å². The van der Waals surface area contributed by atoms with E-state index in [1.807, 2.05) is 0 Å². The van der Waals surface area contributed by atoms with E-state index in [1.54, 1.807) is 0 Å². The highest BCUT2D eigenvalue weighted by Gasteiger charge is 2.59. The Morgan fingerprint density at radius 2 is 2.15 bits per heavy atom. The number of hydrogen-bond acceptors (Lipinski definition) is 2. The van der Waals surface area contributed by atoms with E-state index < -0.39 is 0 Å². The molecule has 1 aromatic rings. The Morgan fingerprint density at radius 3 is 2.95 bits per heavy atom. The summed E-state index contributed by atoms with van der Waals surface area (Å²) in [6, 6.07) is 6.37. The number of benzene rings is 1. The van der Waals surface area contributed by atoms with Crippen LogP contribution in [0, 0.1) is 18.3 Å². The van der Waals surface area contributed by atoms with Crippen molar-refractivity contribution in [1.29, 1.82) is 0 Å². The SMILES string of the molecule is Cc1cccc2c1N(C(=O)C1CC13CCOCC3)CC2. The first-order valence-corrected chi connectivity index (χ1v) is 7.69. The molecule has 1 saturated heterocycles.